The zero-order chi connectivity index (χ0) is 24.9. The molecule has 0 saturated heterocycles. The molecule has 0 aliphatic heterocycles. The molecule has 8 heteroatoms. The van der Waals surface area contributed by atoms with E-state index in [9.17, 15) is 19.5 Å². The first-order valence-corrected chi connectivity index (χ1v) is 11.7. The van der Waals surface area contributed by atoms with E-state index in [4.69, 9.17) is 0 Å². The number of aromatic nitrogens is 1. The molecule has 0 saturated carbocycles. The number of benzene rings is 2. The number of carboxylic acid groups (broad SMARTS) is 1. The minimum absolute atomic E-state index is 0.00315. The van der Waals surface area contributed by atoms with Gasteiger partial charge in [-0.3, -0.25) is 9.59 Å². The lowest BCUT2D eigenvalue weighted by atomic mass is 10.0. The number of hydrogen-bond acceptors (Lipinski definition) is 7. The highest BCUT2D eigenvalue weighted by Gasteiger charge is 2.27. The molecule has 8 nitrogen and oxygen atoms in total. The van der Waals surface area contributed by atoms with Crippen molar-refractivity contribution < 1.29 is 9.90 Å². The summed E-state index contributed by atoms with van der Waals surface area (Å²) in [4.78, 5) is 40.5. The number of nitrogens with zero attached hydrogens (tertiary/aromatic N) is 1. The monoisotopic (exact) mass is 472 g/mol. The highest BCUT2D eigenvalue weighted by molar-refractivity contribution is 5.93. The third-order valence-corrected chi connectivity index (χ3v) is 5.97. The molecule has 0 aliphatic carbocycles. The Labute approximate surface area is 202 Å². The number of aliphatic carboxylic acids is 1. The highest BCUT2D eigenvalue weighted by atomic mass is 16.4. The van der Waals surface area contributed by atoms with Crippen LogP contribution < -0.4 is 26.8 Å². The van der Waals surface area contributed by atoms with Crippen molar-refractivity contribution in [3.8, 4) is 0 Å². The Morgan fingerprint density at radius 3 is 2.34 bits per heavy atom. The van der Waals surface area contributed by atoms with Crippen molar-refractivity contribution in [2.75, 3.05) is 16.0 Å². The lowest BCUT2D eigenvalue weighted by Crippen LogP contribution is -2.43. The molecule has 35 heavy (non-hydrogen) atoms. The van der Waals surface area contributed by atoms with Crippen LogP contribution in [0.3, 0.4) is 0 Å². The van der Waals surface area contributed by atoms with E-state index in [-0.39, 0.29) is 23.8 Å². The van der Waals surface area contributed by atoms with Crippen LogP contribution in [0.4, 0.5) is 22.9 Å². The standard InChI is InChI=1S/C27H28N4O4/c1-3-6-16(2)29-22-23(25(33)24(22)32)31-21(27(34)35)15-17-9-11-19(12-10-17)30-26-20-8-5-4-7-18(20)13-14-28-26/h4-5,7-14,16,21,29,31H,3,6,15H2,1-2H3,(H,28,30)(H,34,35)/t16?,21-/m0/s1. The fourth-order valence-electron chi connectivity index (χ4n) is 4.11. The van der Waals surface area contributed by atoms with Gasteiger partial charge in [0.1, 0.15) is 23.2 Å². The molecule has 0 amide bonds. The van der Waals surface area contributed by atoms with Crippen LogP contribution in [0.25, 0.3) is 10.8 Å². The third-order valence-electron chi connectivity index (χ3n) is 5.97. The largest absolute Gasteiger partial charge is 0.480 e. The maximum atomic E-state index is 12.1. The lowest BCUT2D eigenvalue weighted by molar-refractivity contribution is -0.137. The molecule has 1 aromatic heterocycles. The van der Waals surface area contributed by atoms with Gasteiger partial charge in [0, 0.05) is 29.7 Å². The van der Waals surface area contributed by atoms with E-state index in [0.29, 0.717) is 0 Å². The van der Waals surface area contributed by atoms with Crippen molar-refractivity contribution in [1.29, 1.82) is 0 Å². The zero-order valence-electron chi connectivity index (χ0n) is 19.7. The van der Waals surface area contributed by atoms with E-state index in [1.165, 1.54) is 0 Å². The molecule has 2 atom stereocenters. The number of carboxylic acids is 1. The summed E-state index contributed by atoms with van der Waals surface area (Å²) >= 11 is 0. The molecule has 0 spiro atoms. The number of fused-ring (bicyclic) bond motifs is 1. The van der Waals surface area contributed by atoms with Crippen molar-refractivity contribution in [2.24, 2.45) is 0 Å². The Morgan fingerprint density at radius 2 is 1.66 bits per heavy atom. The first-order valence-electron chi connectivity index (χ1n) is 11.7. The van der Waals surface area contributed by atoms with Gasteiger partial charge in [0.05, 0.1) is 0 Å². The smallest absolute Gasteiger partial charge is 0.326 e. The van der Waals surface area contributed by atoms with E-state index in [1.54, 1.807) is 6.20 Å². The van der Waals surface area contributed by atoms with Gasteiger partial charge in [-0.25, -0.2) is 9.78 Å². The highest BCUT2D eigenvalue weighted by Crippen LogP contribution is 2.25. The van der Waals surface area contributed by atoms with Gasteiger partial charge in [0.15, 0.2) is 0 Å². The van der Waals surface area contributed by atoms with Crippen molar-refractivity contribution in [3.63, 3.8) is 0 Å². The number of pyridine rings is 1. The Morgan fingerprint density at radius 1 is 0.971 bits per heavy atom. The van der Waals surface area contributed by atoms with Gasteiger partial charge in [-0.05, 0) is 42.5 Å². The second kappa shape index (κ2) is 10.4. The Balaban J connectivity index is 1.46. The molecule has 4 N–H and O–H groups in total. The quantitative estimate of drug-likeness (QED) is 0.239. The van der Waals surface area contributed by atoms with E-state index in [0.717, 1.165) is 40.7 Å². The molecule has 0 aliphatic rings. The SMILES string of the molecule is CCCC(C)Nc1c(N[C@@H](Cc2ccc(Nc3nccc4ccccc34)cc2)C(=O)O)c(=O)c1=O. The second-order valence-corrected chi connectivity index (χ2v) is 8.68. The summed E-state index contributed by atoms with van der Waals surface area (Å²) in [5, 5.41) is 20.9. The van der Waals surface area contributed by atoms with Crippen LogP contribution in [-0.4, -0.2) is 28.1 Å². The zero-order valence-corrected chi connectivity index (χ0v) is 19.7. The third kappa shape index (κ3) is 5.32. The second-order valence-electron chi connectivity index (χ2n) is 8.68. The normalized spacial score (nSPS) is 12.9. The summed E-state index contributed by atoms with van der Waals surface area (Å²) in [7, 11) is 0. The van der Waals surface area contributed by atoms with E-state index in [1.807, 2.05) is 68.4 Å². The summed E-state index contributed by atoms with van der Waals surface area (Å²) in [6, 6.07) is 16.2. The Hall–Kier alpha value is -4.20. The molecule has 0 bridgehead atoms. The molecule has 1 unspecified atom stereocenters. The molecule has 3 aromatic carbocycles. The molecule has 1 heterocycles. The van der Waals surface area contributed by atoms with Crippen LogP contribution in [0.5, 0.6) is 0 Å². The predicted octanol–water partition coefficient (Wildman–Crippen LogP) is 4.28. The van der Waals surface area contributed by atoms with Gasteiger partial charge in [0.2, 0.25) is 0 Å². The van der Waals surface area contributed by atoms with Crippen LogP contribution in [0.2, 0.25) is 0 Å². The van der Waals surface area contributed by atoms with Crippen molar-refractivity contribution in [3.05, 3.63) is 86.8 Å². The molecule has 0 fully saturated rings. The van der Waals surface area contributed by atoms with Crippen LogP contribution in [0.15, 0.2) is 70.4 Å². The molecular formula is C27H28N4O4. The number of carbonyl (C=O) groups is 1. The maximum absolute atomic E-state index is 12.1. The van der Waals surface area contributed by atoms with Crippen molar-refractivity contribution in [1.82, 2.24) is 4.98 Å². The summed E-state index contributed by atoms with van der Waals surface area (Å²) in [6.07, 6.45) is 3.64. The van der Waals surface area contributed by atoms with E-state index < -0.39 is 22.9 Å². The molecule has 180 valence electrons. The Bertz CT molecular complexity index is 1400. The first kappa shape index (κ1) is 23.9. The summed E-state index contributed by atoms with van der Waals surface area (Å²) in [6.45, 7) is 3.95. The lowest BCUT2D eigenvalue weighted by Gasteiger charge is -2.22. The minimum Gasteiger partial charge on any atom is -0.480 e. The summed E-state index contributed by atoms with van der Waals surface area (Å²) < 4.78 is 0. The summed E-state index contributed by atoms with van der Waals surface area (Å²) in [5.74, 6) is -0.369. The van der Waals surface area contributed by atoms with Crippen LogP contribution in [0, 0.1) is 0 Å². The molecule has 4 rings (SSSR count). The molecule has 4 aromatic rings. The van der Waals surface area contributed by atoms with E-state index >= 15 is 0 Å². The van der Waals surface area contributed by atoms with Gasteiger partial charge in [-0.15, -0.1) is 0 Å². The molecular weight excluding hydrogens is 444 g/mol. The average Bonchev–Trinajstić information content (AvgIpc) is 2.86. The molecule has 0 radical (unpaired) electrons. The van der Waals surface area contributed by atoms with Gasteiger partial charge >= 0.3 is 5.97 Å². The Kier molecular flexibility index (Phi) is 7.10. The maximum Gasteiger partial charge on any atom is 0.326 e. The first-order chi connectivity index (χ1) is 16.9. The average molecular weight is 473 g/mol. The number of anilines is 4. The van der Waals surface area contributed by atoms with Gasteiger partial charge in [-0.1, -0.05) is 49.7 Å². The number of nitrogens with one attached hydrogen (secondary N) is 3. The number of hydrogen-bond donors (Lipinski definition) is 4. The van der Waals surface area contributed by atoms with Crippen LogP contribution >= 0.6 is 0 Å². The topological polar surface area (TPSA) is 120 Å². The van der Waals surface area contributed by atoms with Gasteiger partial charge in [-0.2, -0.15) is 0 Å². The fourth-order valence-corrected chi connectivity index (χ4v) is 4.11. The van der Waals surface area contributed by atoms with Crippen LogP contribution in [0.1, 0.15) is 32.3 Å². The van der Waals surface area contributed by atoms with Crippen molar-refractivity contribution in [2.45, 2.75) is 45.2 Å². The van der Waals surface area contributed by atoms with E-state index in [2.05, 4.69) is 20.9 Å². The fraction of sp³-hybridized carbons (Fsp3) is 0.259. The number of rotatable bonds is 11. The predicted molar refractivity (Wildman–Crippen MR) is 140 cm³/mol. The van der Waals surface area contributed by atoms with Crippen molar-refractivity contribution >= 4 is 39.6 Å². The van der Waals surface area contributed by atoms with Gasteiger partial charge < -0.3 is 21.1 Å². The minimum atomic E-state index is -1.10. The summed E-state index contributed by atoms with van der Waals surface area (Å²) in [5.41, 5.74) is 0.502. The van der Waals surface area contributed by atoms with Crippen LogP contribution in [-0.2, 0) is 11.2 Å². The van der Waals surface area contributed by atoms with Gasteiger partial charge in [0.25, 0.3) is 10.9 Å².